The maximum absolute atomic E-state index is 11.8. The monoisotopic (exact) mass is 230 g/mol. The van der Waals surface area contributed by atoms with E-state index in [1.165, 1.54) is 0 Å². The molecule has 0 saturated heterocycles. The topological polar surface area (TPSA) is 55.1 Å². The molecule has 3 N–H and O–H groups in total. The van der Waals surface area contributed by atoms with Crippen LogP contribution in [0.25, 0.3) is 0 Å². The van der Waals surface area contributed by atoms with Crippen LogP contribution in [-0.2, 0) is 4.79 Å². The first-order valence-electron chi connectivity index (χ1n) is 5.53. The molecule has 0 aliphatic carbocycles. The van der Waals surface area contributed by atoms with Crippen molar-refractivity contribution in [2.75, 3.05) is 0 Å². The van der Waals surface area contributed by atoms with Crippen molar-refractivity contribution in [2.45, 2.75) is 46.6 Å². The molecule has 0 rings (SSSR count). The fourth-order valence-electron chi connectivity index (χ4n) is 1.34. The van der Waals surface area contributed by atoms with E-state index in [1.807, 2.05) is 13.8 Å². The Labute approximate surface area is 97.8 Å². The number of amides is 1. The van der Waals surface area contributed by atoms with Crippen molar-refractivity contribution in [2.24, 2.45) is 17.6 Å². The van der Waals surface area contributed by atoms with Crippen molar-refractivity contribution in [3.8, 4) is 0 Å². The average Bonchev–Trinajstić information content (AvgIpc) is 2.16. The molecule has 0 bridgehead atoms. The Morgan fingerprint density at radius 1 is 1.33 bits per heavy atom. The summed E-state index contributed by atoms with van der Waals surface area (Å²) in [7, 11) is 0. The number of thiocarbonyl (C=S) groups is 1. The Hall–Kier alpha value is -0.640. The van der Waals surface area contributed by atoms with Crippen LogP contribution in [0.1, 0.15) is 40.5 Å². The lowest BCUT2D eigenvalue weighted by Gasteiger charge is -2.22. The molecule has 0 radical (unpaired) electrons. The van der Waals surface area contributed by atoms with Gasteiger partial charge in [-0.2, -0.15) is 0 Å². The van der Waals surface area contributed by atoms with E-state index in [4.69, 9.17) is 18.0 Å². The molecule has 0 aromatic heterocycles. The van der Waals surface area contributed by atoms with Crippen LogP contribution in [0.4, 0.5) is 0 Å². The Bertz CT molecular complexity index is 231. The summed E-state index contributed by atoms with van der Waals surface area (Å²) in [5.74, 6) is 0.0992. The normalized spacial score (nSPS) is 16.5. The standard InChI is InChI=1S/C11H22N2OS/c1-5-7(3)8(4)13-11(14)9(6-2)10(12)15/h7-9H,5-6H2,1-4H3,(H2,12,15)(H,13,14). The fraction of sp³-hybridized carbons (Fsp3) is 0.818. The van der Waals surface area contributed by atoms with Gasteiger partial charge in [0.2, 0.25) is 5.91 Å². The zero-order chi connectivity index (χ0) is 12.0. The minimum Gasteiger partial charge on any atom is -0.393 e. The van der Waals surface area contributed by atoms with Gasteiger partial charge in [0.05, 0.1) is 10.9 Å². The van der Waals surface area contributed by atoms with Gasteiger partial charge in [-0.15, -0.1) is 0 Å². The van der Waals surface area contributed by atoms with Crippen molar-refractivity contribution in [1.82, 2.24) is 5.32 Å². The van der Waals surface area contributed by atoms with Gasteiger partial charge in [0.1, 0.15) is 0 Å². The Balaban J connectivity index is 4.28. The highest BCUT2D eigenvalue weighted by molar-refractivity contribution is 7.80. The summed E-state index contributed by atoms with van der Waals surface area (Å²) >= 11 is 4.86. The third-order valence-electron chi connectivity index (χ3n) is 2.94. The van der Waals surface area contributed by atoms with E-state index in [1.54, 1.807) is 0 Å². The SMILES string of the molecule is CCC(C(=O)NC(C)C(C)CC)C(N)=S. The molecule has 0 aliphatic heterocycles. The van der Waals surface area contributed by atoms with Gasteiger partial charge in [-0.05, 0) is 19.3 Å². The summed E-state index contributed by atoms with van der Waals surface area (Å²) in [5, 5.41) is 2.96. The highest BCUT2D eigenvalue weighted by Crippen LogP contribution is 2.09. The molecule has 1 amide bonds. The Morgan fingerprint density at radius 3 is 2.20 bits per heavy atom. The highest BCUT2D eigenvalue weighted by Gasteiger charge is 2.22. The van der Waals surface area contributed by atoms with Crippen LogP contribution in [0.2, 0.25) is 0 Å². The van der Waals surface area contributed by atoms with E-state index in [0.29, 0.717) is 12.3 Å². The second-order valence-electron chi connectivity index (χ2n) is 4.05. The van der Waals surface area contributed by atoms with Gasteiger partial charge in [0.25, 0.3) is 0 Å². The molecule has 0 fully saturated rings. The van der Waals surface area contributed by atoms with Crippen LogP contribution in [-0.4, -0.2) is 16.9 Å². The van der Waals surface area contributed by atoms with Crippen molar-refractivity contribution in [3.05, 3.63) is 0 Å². The quantitative estimate of drug-likeness (QED) is 0.685. The average molecular weight is 230 g/mol. The molecule has 0 heterocycles. The molecule has 3 atom stereocenters. The van der Waals surface area contributed by atoms with E-state index >= 15 is 0 Å². The third kappa shape index (κ3) is 4.60. The van der Waals surface area contributed by atoms with Gasteiger partial charge >= 0.3 is 0 Å². The van der Waals surface area contributed by atoms with Crippen LogP contribution >= 0.6 is 12.2 Å². The van der Waals surface area contributed by atoms with Gasteiger partial charge in [0.15, 0.2) is 0 Å². The van der Waals surface area contributed by atoms with Gasteiger partial charge in [0, 0.05) is 6.04 Å². The molecule has 88 valence electrons. The van der Waals surface area contributed by atoms with Gasteiger partial charge in [-0.1, -0.05) is 39.4 Å². The zero-order valence-corrected chi connectivity index (χ0v) is 10.9. The number of hydrogen-bond acceptors (Lipinski definition) is 2. The highest BCUT2D eigenvalue weighted by atomic mass is 32.1. The summed E-state index contributed by atoms with van der Waals surface area (Å²) in [5.41, 5.74) is 5.50. The van der Waals surface area contributed by atoms with Crippen LogP contribution in [0.5, 0.6) is 0 Å². The van der Waals surface area contributed by atoms with Crippen LogP contribution in [0.3, 0.4) is 0 Å². The molecule has 3 unspecified atom stereocenters. The first-order valence-corrected chi connectivity index (χ1v) is 5.94. The molecule has 3 nitrogen and oxygen atoms in total. The molecule has 0 aromatic rings. The van der Waals surface area contributed by atoms with E-state index in [-0.39, 0.29) is 22.9 Å². The lowest BCUT2D eigenvalue weighted by molar-refractivity contribution is -0.124. The van der Waals surface area contributed by atoms with Gasteiger partial charge < -0.3 is 11.1 Å². The number of carbonyl (C=O) groups is 1. The summed E-state index contributed by atoms with van der Waals surface area (Å²) in [6.07, 6.45) is 1.71. The summed E-state index contributed by atoms with van der Waals surface area (Å²) in [6, 6.07) is 0.172. The van der Waals surface area contributed by atoms with Crippen LogP contribution in [0, 0.1) is 11.8 Å². The third-order valence-corrected chi connectivity index (χ3v) is 3.22. The summed E-state index contributed by atoms with van der Waals surface area (Å²) in [4.78, 5) is 12.1. The van der Waals surface area contributed by atoms with Crippen molar-refractivity contribution < 1.29 is 4.79 Å². The second-order valence-corrected chi connectivity index (χ2v) is 4.52. The largest absolute Gasteiger partial charge is 0.393 e. The maximum atomic E-state index is 11.8. The molecule has 15 heavy (non-hydrogen) atoms. The lowest BCUT2D eigenvalue weighted by Crippen LogP contribution is -2.43. The molecule has 4 heteroatoms. The number of carbonyl (C=O) groups excluding carboxylic acids is 1. The molecule has 0 aromatic carbocycles. The number of nitrogens with one attached hydrogen (secondary N) is 1. The van der Waals surface area contributed by atoms with E-state index in [9.17, 15) is 4.79 Å². The van der Waals surface area contributed by atoms with E-state index < -0.39 is 0 Å². The first kappa shape index (κ1) is 14.4. The van der Waals surface area contributed by atoms with E-state index in [2.05, 4.69) is 19.2 Å². The van der Waals surface area contributed by atoms with Crippen molar-refractivity contribution in [1.29, 1.82) is 0 Å². The minimum atomic E-state index is -0.327. The molecule has 0 aliphatic rings. The fourth-order valence-corrected chi connectivity index (χ4v) is 1.61. The van der Waals surface area contributed by atoms with Crippen LogP contribution in [0.15, 0.2) is 0 Å². The smallest absolute Gasteiger partial charge is 0.230 e. The van der Waals surface area contributed by atoms with Crippen molar-refractivity contribution in [3.63, 3.8) is 0 Å². The number of hydrogen-bond donors (Lipinski definition) is 2. The summed E-state index contributed by atoms with van der Waals surface area (Å²) < 4.78 is 0. The molecule has 0 spiro atoms. The van der Waals surface area contributed by atoms with Gasteiger partial charge in [-0.25, -0.2) is 0 Å². The maximum Gasteiger partial charge on any atom is 0.230 e. The molecule has 0 saturated carbocycles. The van der Waals surface area contributed by atoms with Crippen molar-refractivity contribution >= 4 is 23.1 Å². The van der Waals surface area contributed by atoms with E-state index in [0.717, 1.165) is 6.42 Å². The Kier molecular flexibility index (Phi) is 6.48. The van der Waals surface area contributed by atoms with Crippen LogP contribution < -0.4 is 11.1 Å². The lowest BCUT2D eigenvalue weighted by atomic mass is 9.99. The second kappa shape index (κ2) is 6.77. The number of nitrogens with two attached hydrogens (primary N) is 1. The number of rotatable bonds is 6. The minimum absolute atomic E-state index is 0.0437. The van der Waals surface area contributed by atoms with Gasteiger partial charge in [-0.3, -0.25) is 4.79 Å². The summed E-state index contributed by atoms with van der Waals surface area (Å²) in [6.45, 7) is 8.15. The predicted molar refractivity (Wildman–Crippen MR) is 67.6 cm³/mol. The zero-order valence-electron chi connectivity index (χ0n) is 10.0. The Morgan fingerprint density at radius 2 is 1.87 bits per heavy atom. The molecular weight excluding hydrogens is 208 g/mol. The molecular formula is C11H22N2OS. The predicted octanol–water partition coefficient (Wildman–Crippen LogP) is 1.85. The first-order chi connectivity index (χ1) is 6.93.